The molecule has 0 spiro atoms. The van der Waals surface area contributed by atoms with Gasteiger partial charge in [-0.3, -0.25) is 4.79 Å². The van der Waals surface area contributed by atoms with Gasteiger partial charge >= 0.3 is 0 Å². The Morgan fingerprint density at radius 3 is 3.04 bits per heavy atom. The summed E-state index contributed by atoms with van der Waals surface area (Å²) in [4.78, 5) is 12.9. The van der Waals surface area contributed by atoms with Crippen LogP contribution in [0.15, 0.2) is 40.2 Å². The predicted octanol–water partition coefficient (Wildman–Crippen LogP) is 4.73. The first-order valence-corrected chi connectivity index (χ1v) is 10.5. The Bertz CT molecular complexity index is 941. The van der Waals surface area contributed by atoms with E-state index in [9.17, 15) is 4.79 Å². The molecule has 6 heteroatoms. The molecule has 2 aromatic heterocycles. The standard InChI is InChI=1S/C20H21BrN2O2S/c1-13-5-2-3-6-14(13)11-23-17(9-18-19(23)16(21)12-26-18)20(24)22-10-15-7-4-8-25-15/h2-3,5-6,9,12,15H,4,7-8,10-11H2,1H3,(H,22,24)/t15-/m1/s1. The number of benzene rings is 1. The largest absolute Gasteiger partial charge is 0.376 e. The summed E-state index contributed by atoms with van der Waals surface area (Å²) in [6.45, 7) is 4.15. The molecule has 0 radical (unpaired) electrons. The third-order valence-corrected chi connectivity index (χ3v) is 6.74. The lowest BCUT2D eigenvalue weighted by Gasteiger charge is -2.14. The van der Waals surface area contributed by atoms with Crippen LogP contribution in [0.5, 0.6) is 0 Å². The summed E-state index contributed by atoms with van der Waals surface area (Å²) >= 11 is 5.29. The Morgan fingerprint density at radius 1 is 1.42 bits per heavy atom. The normalized spacial score (nSPS) is 17.1. The lowest BCUT2D eigenvalue weighted by Crippen LogP contribution is -2.33. The van der Waals surface area contributed by atoms with Crippen LogP contribution in [0.2, 0.25) is 0 Å². The molecule has 1 N–H and O–H groups in total. The van der Waals surface area contributed by atoms with Crippen LogP contribution in [0.25, 0.3) is 10.2 Å². The number of hydrogen-bond acceptors (Lipinski definition) is 3. The SMILES string of the molecule is Cc1ccccc1Cn1c(C(=O)NC[C@H]2CCCO2)cc2scc(Br)c21. The highest BCUT2D eigenvalue weighted by atomic mass is 79.9. The number of thiophene rings is 1. The van der Waals surface area contributed by atoms with Crippen molar-refractivity contribution in [1.82, 2.24) is 9.88 Å². The van der Waals surface area contributed by atoms with Gasteiger partial charge in [-0.25, -0.2) is 0 Å². The Balaban J connectivity index is 1.65. The second kappa shape index (κ2) is 7.55. The summed E-state index contributed by atoms with van der Waals surface area (Å²) in [5, 5.41) is 5.13. The Kier molecular flexibility index (Phi) is 5.16. The van der Waals surface area contributed by atoms with Crippen molar-refractivity contribution < 1.29 is 9.53 Å². The minimum absolute atomic E-state index is 0.0376. The van der Waals surface area contributed by atoms with Gasteiger partial charge in [-0.05, 0) is 52.9 Å². The lowest BCUT2D eigenvalue weighted by atomic mass is 10.1. The molecule has 1 atom stereocenters. The molecular formula is C20H21BrN2O2S. The van der Waals surface area contributed by atoms with Gasteiger partial charge in [-0.1, -0.05) is 24.3 Å². The van der Waals surface area contributed by atoms with Crippen LogP contribution in [-0.4, -0.2) is 29.7 Å². The van der Waals surface area contributed by atoms with Gasteiger partial charge < -0.3 is 14.6 Å². The first-order valence-electron chi connectivity index (χ1n) is 8.84. The van der Waals surface area contributed by atoms with Gasteiger partial charge in [0.25, 0.3) is 5.91 Å². The number of nitrogens with one attached hydrogen (secondary N) is 1. The topological polar surface area (TPSA) is 43.3 Å². The maximum absolute atomic E-state index is 12.9. The third-order valence-electron chi connectivity index (χ3n) is 4.91. The van der Waals surface area contributed by atoms with Crippen LogP contribution in [-0.2, 0) is 11.3 Å². The number of aromatic nitrogens is 1. The number of nitrogens with zero attached hydrogens (tertiary/aromatic N) is 1. The van der Waals surface area contributed by atoms with Gasteiger partial charge in [0.1, 0.15) is 5.69 Å². The molecule has 4 rings (SSSR count). The van der Waals surface area contributed by atoms with Crippen molar-refractivity contribution in [3.63, 3.8) is 0 Å². The smallest absolute Gasteiger partial charge is 0.268 e. The maximum atomic E-state index is 12.9. The molecule has 1 aromatic carbocycles. The molecule has 3 aromatic rings. The molecule has 1 aliphatic heterocycles. The van der Waals surface area contributed by atoms with Gasteiger partial charge in [0.05, 0.1) is 20.8 Å². The highest BCUT2D eigenvalue weighted by Crippen LogP contribution is 2.34. The second-order valence-electron chi connectivity index (χ2n) is 6.68. The first-order chi connectivity index (χ1) is 12.6. The zero-order valence-corrected chi connectivity index (χ0v) is 17.0. The van der Waals surface area contributed by atoms with Crippen LogP contribution in [0, 0.1) is 6.92 Å². The number of ether oxygens (including phenoxy) is 1. The van der Waals surface area contributed by atoms with Crippen LogP contribution < -0.4 is 5.32 Å². The molecule has 0 saturated carbocycles. The van der Waals surface area contributed by atoms with E-state index in [-0.39, 0.29) is 12.0 Å². The number of aryl methyl sites for hydroxylation is 1. The minimum atomic E-state index is -0.0376. The number of amides is 1. The van der Waals surface area contributed by atoms with E-state index in [1.165, 1.54) is 11.1 Å². The fraction of sp³-hybridized carbons (Fsp3) is 0.350. The average molecular weight is 433 g/mol. The summed E-state index contributed by atoms with van der Waals surface area (Å²) in [6.07, 6.45) is 2.24. The molecule has 0 bridgehead atoms. The Labute approximate surface area is 165 Å². The van der Waals surface area contributed by atoms with Crippen molar-refractivity contribution in [3.05, 3.63) is 57.0 Å². The number of carbonyl (C=O) groups is 1. The lowest BCUT2D eigenvalue weighted by molar-refractivity contribution is 0.0851. The van der Waals surface area contributed by atoms with Crippen molar-refractivity contribution in [1.29, 1.82) is 0 Å². The van der Waals surface area contributed by atoms with Crippen LogP contribution in [0.3, 0.4) is 0 Å². The quantitative estimate of drug-likeness (QED) is 0.632. The van der Waals surface area contributed by atoms with E-state index >= 15 is 0 Å². The van der Waals surface area contributed by atoms with E-state index in [2.05, 4.69) is 50.3 Å². The van der Waals surface area contributed by atoms with E-state index in [4.69, 9.17) is 4.74 Å². The molecule has 1 fully saturated rings. The summed E-state index contributed by atoms with van der Waals surface area (Å²) < 4.78 is 9.88. The highest BCUT2D eigenvalue weighted by molar-refractivity contribution is 9.10. The minimum Gasteiger partial charge on any atom is -0.376 e. The monoisotopic (exact) mass is 432 g/mol. The molecule has 1 aliphatic rings. The number of halogens is 1. The number of fused-ring (bicyclic) bond motifs is 1. The summed E-state index contributed by atoms with van der Waals surface area (Å²) in [5.74, 6) is -0.0376. The van der Waals surface area contributed by atoms with Gasteiger partial charge in [-0.2, -0.15) is 0 Å². The van der Waals surface area contributed by atoms with Crippen LogP contribution in [0.4, 0.5) is 0 Å². The van der Waals surface area contributed by atoms with E-state index in [1.807, 2.05) is 18.2 Å². The molecule has 0 aliphatic carbocycles. The van der Waals surface area contributed by atoms with Crippen molar-refractivity contribution in [2.45, 2.75) is 32.4 Å². The van der Waals surface area contributed by atoms with Crippen molar-refractivity contribution in [2.24, 2.45) is 0 Å². The number of hydrogen-bond donors (Lipinski definition) is 1. The highest BCUT2D eigenvalue weighted by Gasteiger charge is 2.21. The van der Waals surface area contributed by atoms with E-state index in [0.717, 1.165) is 34.1 Å². The average Bonchev–Trinajstić information content (AvgIpc) is 3.34. The number of carbonyl (C=O) groups excluding carboxylic acids is 1. The molecule has 136 valence electrons. The van der Waals surface area contributed by atoms with E-state index < -0.39 is 0 Å². The van der Waals surface area contributed by atoms with Crippen molar-refractivity contribution in [3.8, 4) is 0 Å². The van der Waals surface area contributed by atoms with Gasteiger partial charge in [0, 0.05) is 25.1 Å². The van der Waals surface area contributed by atoms with Gasteiger partial charge in [0.2, 0.25) is 0 Å². The van der Waals surface area contributed by atoms with Crippen LogP contribution >= 0.6 is 27.3 Å². The fourth-order valence-electron chi connectivity index (χ4n) is 3.44. The van der Waals surface area contributed by atoms with Crippen molar-refractivity contribution >= 4 is 43.4 Å². The molecule has 3 heterocycles. The molecule has 4 nitrogen and oxygen atoms in total. The molecular weight excluding hydrogens is 412 g/mol. The number of rotatable bonds is 5. The molecule has 1 amide bonds. The summed E-state index contributed by atoms with van der Waals surface area (Å²) in [7, 11) is 0. The second-order valence-corrected chi connectivity index (χ2v) is 8.45. The maximum Gasteiger partial charge on any atom is 0.268 e. The van der Waals surface area contributed by atoms with E-state index in [1.54, 1.807) is 11.3 Å². The molecule has 1 saturated heterocycles. The van der Waals surface area contributed by atoms with Gasteiger partial charge in [0.15, 0.2) is 0 Å². The molecule has 26 heavy (non-hydrogen) atoms. The fourth-order valence-corrected chi connectivity index (χ4v) is 5.14. The Morgan fingerprint density at radius 2 is 2.27 bits per heavy atom. The predicted molar refractivity (Wildman–Crippen MR) is 109 cm³/mol. The van der Waals surface area contributed by atoms with Crippen molar-refractivity contribution in [2.75, 3.05) is 13.2 Å². The Hall–Kier alpha value is -1.63. The summed E-state index contributed by atoms with van der Waals surface area (Å²) in [6, 6.07) is 10.3. The summed E-state index contributed by atoms with van der Waals surface area (Å²) in [5.41, 5.74) is 4.23. The zero-order valence-electron chi connectivity index (χ0n) is 14.6. The third kappa shape index (κ3) is 3.46. The molecule has 0 unspecified atom stereocenters. The van der Waals surface area contributed by atoms with Gasteiger partial charge in [-0.15, -0.1) is 11.3 Å². The zero-order chi connectivity index (χ0) is 18.1. The van der Waals surface area contributed by atoms with Crippen LogP contribution in [0.1, 0.15) is 34.5 Å². The van der Waals surface area contributed by atoms with E-state index in [0.29, 0.717) is 18.8 Å². The first kappa shape index (κ1) is 17.8.